The lowest BCUT2D eigenvalue weighted by atomic mass is 10.0. The van der Waals surface area contributed by atoms with Crippen molar-refractivity contribution in [1.82, 2.24) is 14.6 Å². The van der Waals surface area contributed by atoms with Gasteiger partial charge in [-0.1, -0.05) is 34.3 Å². The van der Waals surface area contributed by atoms with E-state index in [0.717, 1.165) is 34.1 Å². The quantitative estimate of drug-likeness (QED) is 0.398. The second kappa shape index (κ2) is 8.72. The summed E-state index contributed by atoms with van der Waals surface area (Å²) in [6.07, 6.45) is 1.27. The molecule has 0 N–H and O–H groups in total. The maximum absolute atomic E-state index is 14.6. The molecule has 0 saturated carbocycles. The van der Waals surface area contributed by atoms with Crippen molar-refractivity contribution in [3.05, 3.63) is 99.7 Å². The van der Waals surface area contributed by atoms with Gasteiger partial charge in [-0.3, -0.25) is 14.5 Å². The molecule has 0 aliphatic rings. The first-order valence-corrected chi connectivity index (χ1v) is 10.3. The molecule has 0 aliphatic carbocycles. The van der Waals surface area contributed by atoms with Crippen molar-refractivity contribution in [3.63, 3.8) is 0 Å². The van der Waals surface area contributed by atoms with Gasteiger partial charge >= 0.3 is 0 Å². The van der Waals surface area contributed by atoms with Gasteiger partial charge in [0.25, 0.3) is 5.91 Å². The summed E-state index contributed by atoms with van der Waals surface area (Å²) >= 11 is 0.815. The zero-order valence-electron chi connectivity index (χ0n) is 17.0. The number of carbonyl (C=O) groups is 2. The van der Waals surface area contributed by atoms with Crippen LogP contribution in [0.15, 0.2) is 60.8 Å². The Hall–Kier alpha value is -3.85. The number of anilines is 2. The zero-order valence-corrected chi connectivity index (χ0v) is 17.9. The van der Waals surface area contributed by atoms with E-state index in [9.17, 15) is 18.4 Å². The van der Waals surface area contributed by atoms with Crippen molar-refractivity contribution in [1.29, 1.82) is 0 Å². The molecule has 2 heterocycles. The average Bonchev–Trinajstić information content (AvgIpc) is 3.21. The molecule has 2 aromatic carbocycles. The fourth-order valence-electron chi connectivity index (χ4n) is 3.16. The highest BCUT2D eigenvalue weighted by Crippen LogP contribution is 2.32. The predicted molar refractivity (Wildman–Crippen MR) is 116 cm³/mol. The number of carbonyl (C=O) groups excluding carboxylic acids is 2. The van der Waals surface area contributed by atoms with E-state index in [1.807, 2.05) is 13.0 Å². The molecule has 0 unspecified atom stereocenters. The second-order valence-corrected chi connectivity index (χ2v) is 7.76. The van der Waals surface area contributed by atoms with E-state index in [4.69, 9.17) is 0 Å². The molecule has 0 fully saturated rings. The highest BCUT2D eigenvalue weighted by Gasteiger charge is 2.29. The molecule has 32 heavy (non-hydrogen) atoms. The van der Waals surface area contributed by atoms with Crippen molar-refractivity contribution in [2.24, 2.45) is 0 Å². The predicted octanol–water partition coefficient (Wildman–Crippen LogP) is 5.04. The van der Waals surface area contributed by atoms with E-state index in [-0.39, 0.29) is 22.0 Å². The van der Waals surface area contributed by atoms with E-state index < -0.39 is 23.2 Å². The summed E-state index contributed by atoms with van der Waals surface area (Å²) in [5.74, 6) is -2.91. The minimum atomic E-state index is -0.935. The molecule has 0 bridgehead atoms. The number of amides is 1. The number of aromatic nitrogens is 3. The van der Waals surface area contributed by atoms with Gasteiger partial charge in [-0.05, 0) is 55.7 Å². The Balaban J connectivity index is 1.77. The summed E-state index contributed by atoms with van der Waals surface area (Å²) in [5, 5.41) is 3.80. The smallest absolute Gasteiger partial charge is 0.277 e. The molecule has 0 radical (unpaired) electrons. The van der Waals surface area contributed by atoms with Crippen LogP contribution in [-0.2, 0) is 0 Å². The van der Waals surface area contributed by atoms with Gasteiger partial charge in [-0.15, -0.1) is 5.10 Å². The molecule has 0 aliphatic heterocycles. The molecular weight excluding hydrogens is 434 g/mol. The van der Waals surface area contributed by atoms with E-state index >= 15 is 0 Å². The van der Waals surface area contributed by atoms with E-state index in [2.05, 4.69) is 14.6 Å². The minimum Gasteiger partial charge on any atom is -0.289 e. The van der Waals surface area contributed by atoms with Gasteiger partial charge in [-0.2, -0.15) is 0 Å². The van der Waals surface area contributed by atoms with Crippen molar-refractivity contribution < 1.29 is 18.4 Å². The highest BCUT2D eigenvalue weighted by atomic mass is 32.1. The Morgan fingerprint density at radius 3 is 2.25 bits per heavy atom. The summed E-state index contributed by atoms with van der Waals surface area (Å²) in [6, 6.07) is 13.2. The molecule has 2 aromatic heterocycles. The minimum absolute atomic E-state index is 0.0485. The number of hydrogen-bond acceptors (Lipinski definition) is 6. The summed E-state index contributed by atoms with van der Waals surface area (Å²) in [5.41, 5.74) is 1.44. The molecule has 9 heteroatoms. The van der Waals surface area contributed by atoms with Crippen LogP contribution in [0.1, 0.15) is 36.9 Å². The fourth-order valence-corrected chi connectivity index (χ4v) is 3.74. The maximum atomic E-state index is 14.6. The summed E-state index contributed by atoms with van der Waals surface area (Å²) in [4.78, 5) is 31.1. The monoisotopic (exact) mass is 450 g/mol. The molecular formula is C23H16F2N4O2S. The standard InChI is InChI=1S/C23H16F2N4O2S/c1-13-5-3-6-15(11-13)21(30)16-9-10-19(26-12-16)29(20-17(24)7-4-8-18(20)25)23(31)22-14(2)27-28-32-22/h3-12H,1-2H3. The van der Waals surface area contributed by atoms with Crippen LogP contribution in [0.25, 0.3) is 0 Å². The Bertz CT molecular complexity index is 1300. The van der Waals surface area contributed by atoms with Crippen molar-refractivity contribution in [2.45, 2.75) is 13.8 Å². The first-order valence-electron chi connectivity index (χ1n) is 9.51. The Morgan fingerprint density at radius 2 is 1.66 bits per heavy atom. The molecule has 6 nitrogen and oxygen atoms in total. The third-order valence-corrected chi connectivity index (χ3v) is 5.55. The van der Waals surface area contributed by atoms with E-state index in [1.165, 1.54) is 24.4 Å². The topological polar surface area (TPSA) is 76.1 Å². The lowest BCUT2D eigenvalue weighted by Gasteiger charge is -2.22. The van der Waals surface area contributed by atoms with E-state index in [1.54, 1.807) is 25.1 Å². The molecule has 0 atom stereocenters. The Morgan fingerprint density at radius 1 is 0.938 bits per heavy atom. The number of nitrogens with zero attached hydrogens (tertiary/aromatic N) is 4. The SMILES string of the molecule is Cc1cccc(C(=O)c2ccc(N(C(=O)c3snnc3C)c3c(F)cccc3F)nc2)c1. The van der Waals surface area contributed by atoms with Crippen LogP contribution in [0.3, 0.4) is 0 Å². The molecule has 160 valence electrons. The molecule has 1 amide bonds. The summed E-state index contributed by atoms with van der Waals surface area (Å²) in [6.45, 7) is 3.45. The number of aryl methyl sites for hydroxylation is 2. The number of pyridine rings is 1. The van der Waals surface area contributed by atoms with Crippen molar-refractivity contribution in [2.75, 3.05) is 4.90 Å². The molecule has 4 rings (SSSR count). The van der Waals surface area contributed by atoms with Crippen molar-refractivity contribution >= 4 is 34.7 Å². The number of benzene rings is 2. The highest BCUT2D eigenvalue weighted by molar-refractivity contribution is 7.08. The van der Waals surface area contributed by atoms with E-state index in [0.29, 0.717) is 11.3 Å². The first kappa shape index (κ1) is 21.4. The van der Waals surface area contributed by atoms with Crippen molar-refractivity contribution in [3.8, 4) is 0 Å². The number of rotatable bonds is 5. The third kappa shape index (κ3) is 4.02. The van der Waals surface area contributed by atoms with Crippen LogP contribution >= 0.6 is 11.5 Å². The zero-order chi connectivity index (χ0) is 22.8. The van der Waals surface area contributed by atoms with Gasteiger partial charge in [0, 0.05) is 17.3 Å². The largest absolute Gasteiger partial charge is 0.289 e. The van der Waals surface area contributed by atoms with Crippen LogP contribution in [0.5, 0.6) is 0 Å². The van der Waals surface area contributed by atoms with Crippen LogP contribution in [0.4, 0.5) is 20.3 Å². The van der Waals surface area contributed by atoms with Crippen LogP contribution in [-0.4, -0.2) is 26.3 Å². The molecule has 0 saturated heterocycles. The van der Waals surface area contributed by atoms with Gasteiger partial charge in [0.05, 0.1) is 5.69 Å². The lowest BCUT2D eigenvalue weighted by molar-refractivity contribution is 0.0999. The maximum Gasteiger partial charge on any atom is 0.277 e. The molecule has 0 spiro atoms. The normalized spacial score (nSPS) is 10.8. The van der Waals surface area contributed by atoms with Gasteiger partial charge in [0.15, 0.2) is 5.78 Å². The number of halogens is 2. The number of ketones is 1. The van der Waals surface area contributed by atoms with Crippen LogP contribution in [0, 0.1) is 25.5 Å². The average molecular weight is 450 g/mol. The third-order valence-electron chi connectivity index (χ3n) is 4.73. The Labute approximate surface area is 186 Å². The summed E-state index contributed by atoms with van der Waals surface area (Å²) < 4.78 is 33.0. The first-order chi connectivity index (χ1) is 15.4. The van der Waals surface area contributed by atoms with Crippen LogP contribution < -0.4 is 4.90 Å². The Kier molecular flexibility index (Phi) is 5.83. The number of hydrogen-bond donors (Lipinski definition) is 0. The second-order valence-electron chi connectivity index (χ2n) is 7.00. The van der Waals surface area contributed by atoms with Gasteiger partial charge in [-0.25, -0.2) is 13.8 Å². The molecule has 4 aromatic rings. The summed E-state index contributed by atoms with van der Waals surface area (Å²) in [7, 11) is 0. The van der Waals surface area contributed by atoms with Gasteiger partial charge in [0.2, 0.25) is 0 Å². The van der Waals surface area contributed by atoms with Gasteiger partial charge in [0.1, 0.15) is 28.0 Å². The lowest BCUT2D eigenvalue weighted by Crippen LogP contribution is -2.28. The van der Waals surface area contributed by atoms with Crippen LogP contribution in [0.2, 0.25) is 0 Å². The number of para-hydroxylation sites is 1. The van der Waals surface area contributed by atoms with Gasteiger partial charge < -0.3 is 0 Å². The fraction of sp³-hybridized carbons (Fsp3) is 0.0870.